The molecule has 9 nitrogen and oxygen atoms in total. The van der Waals surface area contributed by atoms with Crippen LogP contribution in [-0.4, -0.2) is 62.5 Å². The fraction of sp³-hybridized carbons (Fsp3) is 0.450. The second kappa shape index (κ2) is 10.8. The van der Waals surface area contributed by atoms with Gasteiger partial charge in [0, 0.05) is 31.8 Å². The Morgan fingerprint density at radius 3 is 2.45 bits per heavy atom. The summed E-state index contributed by atoms with van der Waals surface area (Å²) in [6.45, 7) is 1.39. The van der Waals surface area contributed by atoms with Crippen molar-refractivity contribution in [2.75, 3.05) is 33.9 Å². The molecule has 11 heteroatoms. The van der Waals surface area contributed by atoms with Crippen LogP contribution in [0.15, 0.2) is 33.9 Å². The molecule has 0 spiro atoms. The number of hydrogen-bond donors (Lipinski definition) is 1. The van der Waals surface area contributed by atoms with Crippen LogP contribution in [0, 0.1) is 0 Å². The molecular formula is C20H27Cl2N5O4. The van der Waals surface area contributed by atoms with Crippen LogP contribution in [0.1, 0.15) is 12.0 Å². The Hall–Kier alpha value is -2.33. The maximum Gasteiger partial charge on any atom is 0.332 e. The lowest BCUT2D eigenvalue weighted by Gasteiger charge is -2.13. The molecule has 0 aliphatic heterocycles. The highest BCUT2D eigenvalue weighted by Crippen LogP contribution is 2.20. The van der Waals surface area contributed by atoms with Gasteiger partial charge in [-0.05, 0) is 38.2 Å². The molecule has 0 aliphatic rings. The zero-order valence-electron chi connectivity index (χ0n) is 17.7. The molecule has 1 aromatic carbocycles. The van der Waals surface area contributed by atoms with Crippen molar-refractivity contribution in [3.63, 3.8) is 0 Å². The van der Waals surface area contributed by atoms with Crippen LogP contribution in [0.3, 0.4) is 0 Å². The minimum atomic E-state index is -0.475. The van der Waals surface area contributed by atoms with Gasteiger partial charge in [-0.15, -0.1) is 12.4 Å². The number of imidazole rings is 1. The first kappa shape index (κ1) is 24.9. The quantitative estimate of drug-likeness (QED) is 0.505. The number of fused-ring (bicyclic) bond motifs is 1. The van der Waals surface area contributed by atoms with Crippen molar-refractivity contribution in [3.05, 3.63) is 55.7 Å². The Morgan fingerprint density at radius 2 is 1.84 bits per heavy atom. The van der Waals surface area contributed by atoms with Crippen LogP contribution in [0.25, 0.3) is 11.2 Å². The van der Waals surface area contributed by atoms with Crippen LogP contribution in [0.5, 0.6) is 6.01 Å². The Morgan fingerprint density at radius 1 is 1.16 bits per heavy atom. The standard InChI is InChI=1S/C20H26ClN5O4.ClH/c1-23(2)10-12-30-19-22-17-16(26(19)13-14-5-7-15(21)8-6-14)18(28)25(9-4-11-27)20(29)24(17)3;/h5-8,27H,4,9-13H2,1-3H3;1H. The van der Waals surface area contributed by atoms with Gasteiger partial charge in [-0.2, -0.15) is 4.98 Å². The zero-order chi connectivity index (χ0) is 21.8. The summed E-state index contributed by atoms with van der Waals surface area (Å²) in [7, 11) is 5.44. The predicted octanol–water partition coefficient (Wildman–Crippen LogP) is 1.34. The first-order valence-electron chi connectivity index (χ1n) is 9.66. The summed E-state index contributed by atoms with van der Waals surface area (Å²) in [5.41, 5.74) is 0.526. The van der Waals surface area contributed by atoms with Crippen molar-refractivity contribution in [1.82, 2.24) is 23.6 Å². The van der Waals surface area contributed by atoms with Crippen molar-refractivity contribution in [2.24, 2.45) is 7.05 Å². The average Bonchev–Trinajstić information content (AvgIpc) is 3.06. The number of aliphatic hydroxyl groups excluding tert-OH is 1. The van der Waals surface area contributed by atoms with E-state index in [0.717, 1.165) is 10.1 Å². The van der Waals surface area contributed by atoms with Gasteiger partial charge in [-0.3, -0.25) is 18.5 Å². The fourth-order valence-corrected chi connectivity index (χ4v) is 3.25. The number of ether oxygens (including phenoxy) is 1. The van der Waals surface area contributed by atoms with Crippen LogP contribution < -0.4 is 16.0 Å². The van der Waals surface area contributed by atoms with Crippen LogP contribution in [0.2, 0.25) is 5.02 Å². The SMILES string of the molecule is CN(C)CCOc1nc2c(c(=O)n(CCCO)c(=O)n2C)n1Cc1ccc(Cl)cc1.Cl. The fourth-order valence-electron chi connectivity index (χ4n) is 3.13. The first-order chi connectivity index (χ1) is 14.3. The number of aromatic nitrogens is 4. The number of likely N-dealkylation sites (N-methyl/N-ethyl adjacent to an activating group) is 1. The van der Waals surface area contributed by atoms with E-state index in [4.69, 9.17) is 21.4 Å². The van der Waals surface area contributed by atoms with E-state index in [0.29, 0.717) is 31.1 Å². The van der Waals surface area contributed by atoms with Crippen molar-refractivity contribution in [2.45, 2.75) is 19.5 Å². The van der Waals surface area contributed by atoms with Gasteiger partial charge < -0.3 is 14.7 Å². The normalized spacial score (nSPS) is 11.2. The van der Waals surface area contributed by atoms with Crippen LogP contribution in [0.4, 0.5) is 0 Å². The third kappa shape index (κ3) is 5.48. The smallest absolute Gasteiger partial charge is 0.332 e. The molecule has 2 heterocycles. The minimum Gasteiger partial charge on any atom is -0.463 e. The molecule has 2 aromatic heterocycles. The Balaban J connectivity index is 0.00000341. The number of hydrogen-bond acceptors (Lipinski definition) is 6. The third-order valence-electron chi connectivity index (χ3n) is 4.76. The number of benzene rings is 1. The number of halogens is 2. The summed E-state index contributed by atoms with van der Waals surface area (Å²) in [6, 6.07) is 7.55. The van der Waals surface area contributed by atoms with E-state index in [9.17, 15) is 9.59 Å². The molecule has 0 saturated carbocycles. The lowest BCUT2D eigenvalue weighted by molar-refractivity contribution is 0.239. The summed E-state index contributed by atoms with van der Waals surface area (Å²) in [5, 5.41) is 9.75. The monoisotopic (exact) mass is 471 g/mol. The second-order valence-corrected chi connectivity index (χ2v) is 7.74. The molecule has 0 radical (unpaired) electrons. The summed E-state index contributed by atoms with van der Waals surface area (Å²) in [6.07, 6.45) is 0.304. The molecule has 0 unspecified atom stereocenters. The predicted molar refractivity (Wildman–Crippen MR) is 123 cm³/mol. The van der Waals surface area contributed by atoms with Crippen molar-refractivity contribution < 1.29 is 9.84 Å². The summed E-state index contributed by atoms with van der Waals surface area (Å²) >= 11 is 5.99. The van der Waals surface area contributed by atoms with E-state index < -0.39 is 11.2 Å². The molecular weight excluding hydrogens is 445 g/mol. The first-order valence-corrected chi connectivity index (χ1v) is 10.0. The molecule has 3 rings (SSSR count). The molecule has 0 aliphatic carbocycles. The molecule has 31 heavy (non-hydrogen) atoms. The van der Waals surface area contributed by atoms with Crippen LogP contribution in [-0.2, 0) is 20.1 Å². The van der Waals surface area contributed by atoms with E-state index in [-0.39, 0.29) is 42.7 Å². The number of rotatable bonds is 9. The molecule has 0 bridgehead atoms. The minimum absolute atomic E-state index is 0. The second-order valence-electron chi connectivity index (χ2n) is 7.31. The van der Waals surface area contributed by atoms with Gasteiger partial charge in [-0.1, -0.05) is 23.7 Å². The number of aryl methyl sites for hydroxylation is 1. The van der Waals surface area contributed by atoms with Gasteiger partial charge in [0.15, 0.2) is 11.2 Å². The Bertz CT molecular complexity index is 1140. The zero-order valence-corrected chi connectivity index (χ0v) is 19.3. The van der Waals surface area contributed by atoms with Crippen molar-refractivity contribution in [1.29, 1.82) is 0 Å². The number of aliphatic hydroxyl groups is 1. The molecule has 0 atom stereocenters. The van der Waals surface area contributed by atoms with Crippen LogP contribution >= 0.6 is 24.0 Å². The van der Waals surface area contributed by atoms with E-state index in [2.05, 4.69) is 4.98 Å². The van der Waals surface area contributed by atoms with E-state index >= 15 is 0 Å². The van der Waals surface area contributed by atoms with Gasteiger partial charge in [0.2, 0.25) is 0 Å². The van der Waals surface area contributed by atoms with Crippen molar-refractivity contribution in [3.8, 4) is 6.01 Å². The molecule has 0 amide bonds. The van der Waals surface area contributed by atoms with Gasteiger partial charge in [0.1, 0.15) is 6.61 Å². The lowest BCUT2D eigenvalue weighted by atomic mass is 10.2. The molecule has 0 fully saturated rings. The van der Waals surface area contributed by atoms with E-state index in [1.54, 1.807) is 23.7 Å². The summed E-state index contributed by atoms with van der Waals surface area (Å²) in [4.78, 5) is 32.3. The van der Waals surface area contributed by atoms with Crippen molar-refractivity contribution >= 4 is 35.2 Å². The van der Waals surface area contributed by atoms with Gasteiger partial charge >= 0.3 is 5.69 Å². The van der Waals surface area contributed by atoms with Gasteiger partial charge in [-0.25, -0.2) is 4.79 Å². The summed E-state index contributed by atoms with van der Waals surface area (Å²) in [5.74, 6) is 0. The Labute approximate surface area is 190 Å². The highest BCUT2D eigenvalue weighted by atomic mass is 35.5. The third-order valence-corrected chi connectivity index (χ3v) is 5.01. The Kier molecular flexibility index (Phi) is 8.69. The van der Waals surface area contributed by atoms with Gasteiger partial charge in [0.25, 0.3) is 11.6 Å². The molecule has 3 aromatic rings. The molecule has 0 saturated heterocycles. The van der Waals surface area contributed by atoms with E-state index in [1.807, 2.05) is 31.1 Å². The highest BCUT2D eigenvalue weighted by molar-refractivity contribution is 6.30. The molecule has 170 valence electrons. The number of nitrogens with zero attached hydrogens (tertiary/aromatic N) is 5. The molecule has 1 N–H and O–H groups in total. The largest absolute Gasteiger partial charge is 0.463 e. The van der Waals surface area contributed by atoms with Gasteiger partial charge in [0.05, 0.1) is 6.54 Å². The maximum absolute atomic E-state index is 13.2. The van der Waals surface area contributed by atoms with E-state index in [1.165, 1.54) is 4.57 Å². The summed E-state index contributed by atoms with van der Waals surface area (Å²) < 4.78 is 10.0. The maximum atomic E-state index is 13.2. The average molecular weight is 472 g/mol. The topological polar surface area (TPSA) is 94.5 Å². The highest BCUT2D eigenvalue weighted by Gasteiger charge is 2.21. The lowest BCUT2D eigenvalue weighted by Crippen LogP contribution is -2.39.